The van der Waals surface area contributed by atoms with Crippen LogP contribution in [0.3, 0.4) is 0 Å². The molecule has 2 aliphatic carbocycles. The lowest BCUT2D eigenvalue weighted by molar-refractivity contribution is 0.230. The Labute approximate surface area is 149 Å². The largest absolute Gasteiger partial charge is 0.335 e. The maximum absolute atomic E-state index is 12.3. The minimum Gasteiger partial charge on any atom is -0.335 e. The van der Waals surface area contributed by atoms with E-state index in [2.05, 4.69) is 29.7 Å². The number of benzene rings is 2. The van der Waals surface area contributed by atoms with Crippen LogP contribution in [0.25, 0.3) is 11.1 Å². The van der Waals surface area contributed by atoms with Crippen LogP contribution < -0.4 is 10.6 Å². The van der Waals surface area contributed by atoms with Crippen LogP contribution in [-0.2, 0) is 0 Å². The van der Waals surface area contributed by atoms with E-state index in [0.29, 0.717) is 5.92 Å². The standard InChI is InChI=1S/C22H26N2O/c1-15(21-14-16-7-8-19(21)13-16)23-22(25)24-20-11-9-18(10-12-20)17-5-3-2-4-6-17/h2-6,9-12,15-16,19,21H,7-8,13-14H2,1H3,(H2,23,24,25). The van der Waals surface area contributed by atoms with Gasteiger partial charge in [0.2, 0.25) is 0 Å². The van der Waals surface area contributed by atoms with Crippen molar-refractivity contribution in [2.45, 2.75) is 38.6 Å². The van der Waals surface area contributed by atoms with Crippen molar-refractivity contribution in [2.75, 3.05) is 5.32 Å². The van der Waals surface area contributed by atoms with Crippen molar-refractivity contribution in [3.63, 3.8) is 0 Å². The van der Waals surface area contributed by atoms with Crippen molar-refractivity contribution in [3.8, 4) is 11.1 Å². The summed E-state index contributed by atoms with van der Waals surface area (Å²) in [7, 11) is 0. The van der Waals surface area contributed by atoms with E-state index in [9.17, 15) is 4.79 Å². The van der Waals surface area contributed by atoms with Crippen LogP contribution in [0.1, 0.15) is 32.6 Å². The molecule has 2 aromatic carbocycles. The molecule has 0 radical (unpaired) electrons. The van der Waals surface area contributed by atoms with E-state index in [1.165, 1.54) is 31.2 Å². The zero-order valence-electron chi connectivity index (χ0n) is 14.7. The Morgan fingerprint density at radius 3 is 2.32 bits per heavy atom. The second kappa shape index (κ2) is 6.91. The fraction of sp³-hybridized carbons (Fsp3) is 0.409. The number of carbonyl (C=O) groups is 1. The number of hydrogen-bond acceptors (Lipinski definition) is 1. The van der Waals surface area contributed by atoms with Gasteiger partial charge >= 0.3 is 6.03 Å². The molecule has 2 N–H and O–H groups in total. The van der Waals surface area contributed by atoms with Crippen LogP contribution in [0.4, 0.5) is 10.5 Å². The Morgan fingerprint density at radius 1 is 0.960 bits per heavy atom. The smallest absolute Gasteiger partial charge is 0.319 e. The van der Waals surface area contributed by atoms with Gasteiger partial charge < -0.3 is 10.6 Å². The summed E-state index contributed by atoms with van der Waals surface area (Å²) >= 11 is 0. The first-order valence-electron chi connectivity index (χ1n) is 9.42. The highest BCUT2D eigenvalue weighted by atomic mass is 16.2. The van der Waals surface area contributed by atoms with Gasteiger partial charge in [-0.15, -0.1) is 0 Å². The number of hydrogen-bond donors (Lipinski definition) is 2. The predicted octanol–water partition coefficient (Wildman–Crippen LogP) is 5.30. The van der Waals surface area contributed by atoms with Gasteiger partial charge in [0.15, 0.2) is 0 Å². The van der Waals surface area contributed by atoms with Gasteiger partial charge in [0.25, 0.3) is 0 Å². The first-order chi connectivity index (χ1) is 12.2. The van der Waals surface area contributed by atoms with Crippen LogP contribution in [-0.4, -0.2) is 12.1 Å². The quantitative estimate of drug-likeness (QED) is 0.782. The lowest BCUT2D eigenvalue weighted by Crippen LogP contribution is -2.42. The number of carbonyl (C=O) groups excluding carboxylic acids is 1. The highest BCUT2D eigenvalue weighted by molar-refractivity contribution is 5.89. The zero-order chi connectivity index (χ0) is 17.2. The number of urea groups is 1. The third-order valence-electron chi connectivity index (χ3n) is 6.04. The molecule has 0 saturated heterocycles. The van der Waals surface area contributed by atoms with Crippen LogP contribution in [0, 0.1) is 17.8 Å². The van der Waals surface area contributed by atoms with E-state index in [1.54, 1.807) is 0 Å². The molecule has 2 saturated carbocycles. The Bertz CT molecular complexity index is 725. The third-order valence-corrected chi connectivity index (χ3v) is 6.04. The van der Waals surface area contributed by atoms with Crippen LogP contribution in [0.15, 0.2) is 54.6 Å². The van der Waals surface area contributed by atoms with Gasteiger partial charge in [-0.25, -0.2) is 4.79 Å². The summed E-state index contributed by atoms with van der Waals surface area (Å²) in [4.78, 5) is 12.3. The Kier molecular flexibility index (Phi) is 4.48. The molecule has 2 aromatic rings. The fourth-order valence-electron chi connectivity index (χ4n) is 4.76. The predicted molar refractivity (Wildman–Crippen MR) is 102 cm³/mol. The van der Waals surface area contributed by atoms with Crippen LogP contribution in [0.5, 0.6) is 0 Å². The topological polar surface area (TPSA) is 41.1 Å². The lowest BCUT2D eigenvalue weighted by Gasteiger charge is -2.28. The maximum atomic E-state index is 12.3. The highest BCUT2D eigenvalue weighted by Crippen LogP contribution is 2.49. The summed E-state index contributed by atoms with van der Waals surface area (Å²) in [5.41, 5.74) is 3.17. The first kappa shape index (κ1) is 16.2. The number of nitrogens with one attached hydrogen (secondary N) is 2. The molecule has 0 heterocycles. The molecule has 0 spiro atoms. The van der Waals surface area contributed by atoms with Gasteiger partial charge in [0.05, 0.1) is 0 Å². The number of fused-ring (bicyclic) bond motifs is 2. The number of anilines is 1. The summed E-state index contributed by atoms with van der Waals surface area (Å²) in [5.74, 6) is 2.39. The van der Waals surface area contributed by atoms with Gasteiger partial charge in [-0.2, -0.15) is 0 Å². The van der Waals surface area contributed by atoms with E-state index >= 15 is 0 Å². The van der Waals surface area contributed by atoms with Crippen molar-refractivity contribution in [1.82, 2.24) is 5.32 Å². The molecule has 25 heavy (non-hydrogen) atoms. The molecule has 130 valence electrons. The van der Waals surface area contributed by atoms with E-state index in [0.717, 1.165) is 23.1 Å². The molecule has 2 bridgehead atoms. The zero-order valence-corrected chi connectivity index (χ0v) is 14.7. The molecular formula is C22H26N2O. The van der Waals surface area contributed by atoms with Crippen molar-refractivity contribution in [1.29, 1.82) is 0 Å². The van der Waals surface area contributed by atoms with E-state index in [4.69, 9.17) is 0 Å². The normalized spacial score (nSPS) is 25.6. The maximum Gasteiger partial charge on any atom is 0.319 e. The molecule has 4 rings (SSSR count). The average Bonchev–Trinajstić information content (AvgIpc) is 3.26. The minimum absolute atomic E-state index is 0.0947. The van der Waals surface area contributed by atoms with E-state index in [-0.39, 0.29) is 12.1 Å². The molecule has 3 nitrogen and oxygen atoms in total. The molecule has 3 heteroatoms. The first-order valence-corrected chi connectivity index (χ1v) is 9.42. The minimum atomic E-state index is -0.0947. The summed E-state index contributed by atoms with van der Waals surface area (Å²) in [5, 5.41) is 6.12. The molecule has 2 aliphatic rings. The second-order valence-electron chi connectivity index (χ2n) is 7.67. The fourth-order valence-corrected chi connectivity index (χ4v) is 4.76. The summed E-state index contributed by atoms with van der Waals surface area (Å²) in [6, 6.07) is 18.4. The molecule has 4 unspecified atom stereocenters. The van der Waals surface area contributed by atoms with Crippen molar-refractivity contribution < 1.29 is 4.79 Å². The summed E-state index contributed by atoms with van der Waals surface area (Å²) in [6.45, 7) is 2.16. The number of rotatable bonds is 4. The van der Waals surface area contributed by atoms with E-state index < -0.39 is 0 Å². The van der Waals surface area contributed by atoms with Gasteiger partial charge in [0, 0.05) is 11.7 Å². The van der Waals surface area contributed by atoms with E-state index in [1.807, 2.05) is 42.5 Å². The van der Waals surface area contributed by atoms with Gasteiger partial charge in [-0.3, -0.25) is 0 Å². The molecule has 2 amide bonds. The van der Waals surface area contributed by atoms with Gasteiger partial charge in [-0.1, -0.05) is 48.9 Å². The van der Waals surface area contributed by atoms with Crippen LogP contribution in [0.2, 0.25) is 0 Å². The monoisotopic (exact) mass is 334 g/mol. The summed E-state index contributed by atoms with van der Waals surface area (Å²) < 4.78 is 0. The van der Waals surface area contributed by atoms with Gasteiger partial charge in [-0.05, 0) is 67.2 Å². The molecular weight excluding hydrogens is 308 g/mol. The van der Waals surface area contributed by atoms with Crippen LogP contribution >= 0.6 is 0 Å². The van der Waals surface area contributed by atoms with Crippen molar-refractivity contribution in [3.05, 3.63) is 54.6 Å². The average molecular weight is 334 g/mol. The molecule has 2 fully saturated rings. The Balaban J connectivity index is 1.33. The van der Waals surface area contributed by atoms with Gasteiger partial charge in [0.1, 0.15) is 0 Å². The SMILES string of the molecule is CC(NC(=O)Nc1ccc(-c2ccccc2)cc1)C1CC2CCC1C2. The Hall–Kier alpha value is -2.29. The molecule has 4 atom stereocenters. The highest BCUT2D eigenvalue weighted by Gasteiger charge is 2.42. The lowest BCUT2D eigenvalue weighted by atomic mass is 9.84. The summed E-state index contributed by atoms with van der Waals surface area (Å²) in [6.07, 6.45) is 5.41. The number of amides is 2. The second-order valence-corrected chi connectivity index (χ2v) is 7.67. The van der Waals surface area contributed by atoms with Crippen molar-refractivity contribution in [2.24, 2.45) is 17.8 Å². The molecule has 0 aromatic heterocycles. The third kappa shape index (κ3) is 3.55. The molecule has 0 aliphatic heterocycles. The van der Waals surface area contributed by atoms with Crippen molar-refractivity contribution >= 4 is 11.7 Å². The Morgan fingerprint density at radius 2 is 1.68 bits per heavy atom.